The summed E-state index contributed by atoms with van der Waals surface area (Å²) in [5.74, 6) is 0.765. The minimum Gasteiger partial charge on any atom is -0.378 e. The predicted octanol–water partition coefficient (Wildman–Crippen LogP) is 4.42. The lowest BCUT2D eigenvalue weighted by Crippen LogP contribution is -2.40. The molecule has 0 saturated carbocycles. The van der Waals surface area contributed by atoms with Crippen LogP contribution in [0.1, 0.15) is 28.9 Å². The van der Waals surface area contributed by atoms with Gasteiger partial charge in [0.25, 0.3) is 5.91 Å². The number of aromatic nitrogens is 2. The summed E-state index contributed by atoms with van der Waals surface area (Å²) in [5.41, 5.74) is 3.67. The van der Waals surface area contributed by atoms with Gasteiger partial charge >= 0.3 is 0 Å². The Bertz CT molecular complexity index is 1210. The van der Waals surface area contributed by atoms with Gasteiger partial charge in [-0.1, -0.05) is 23.2 Å². The van der Waals surface area contributed by atoms with E-state index in [1.54, 1.807) is 12.3 Å². The van der Waals surface area contributed by atoms with E-state index in [4.69, 9.17) is 42.6 Å². The smallest absolute Gasteiger partial charge is 0.254 e. The van der Waals surface area contributed by atoms with Crippen molar-refractivity contribution in [3.8, 4) is 0 Å². The molecule has 3 heterocycles. The monoisotopic (exact) mass is 515 g/mol. The molecule has 5 rings (SSSR count). The largest absolute Gasteiger partial charge is 0.378 e. The van der Waals surface area contributed by atoms with Gasteiger partial charge in [-0.2, -0.15) is 0 Å². The first kappa shape index (κ1) is 24.1. The number of benzene rings is 2. The number of carbonyl (C=O) groups excluding carboxylic acids is 1. The van der Waals surface area contributed by atoms with Crippen LogP contribution in [0.15, 0.2) is 36.5 Å². The van der Waals surface area contributed by atoms with Crippen molar-refractivity contribution in [3.63, 3.8) is 0 Å². The second-order valence-corrected chi connectivity index (χ2v) is 9.56. The zero-order valence-corrected chi connectivity index (χ0v) is 21.0. The summed E-state index contributed by atoms with van der Waals surface area (Å²) < 4.78 is 10.9. The van der Waals surface area contributed by atoms with Crippen LogP contribution in [0.4, 0.5) is 11.5 Å². The van der Waals surface area contributed by atoms with Crippen LogP contribution in [-0.4, -0.2) is 73.4 Å². The average Bonchev–Trinajstić information content (AvgIpc) is 2.87. The summed E-state index contributed by atoms with van der Waals surface area (Å²) in [6.07, 6.45) is 1.77. The van der Waals surface area contributed by atoms with E-state index in [0.29, 0.717) is 60.6 Å². The van der Waals surface area contributed by atoms with Crippen LogP contribution in [0, 0.1) is 0 Å². The van der Waals surface area contributed by atoms with Gasteiger partial charge in [-0.15, -0.1) is 0 Å². The molecule has 2 aliphatic rings. The average molecular weight is 516 g/mol. The Morgan fingerprint density at radius 2 is 1.63 bits per heavy atom. The maximum absolute atomic E-state index is 13.3. The van der Waals surface area contributed by atoms with Gasteiger partial charge in [0.2, 0.25) is 0 Å². The highest BCUT2D eigenvalue weighted by molar-refractivity contribution is 6.35. The van der Waals surface area contributed by atoms with E-state index in [-0.39, 0.29) is 11.9 Å². The lowest BCUT2D eigenvalue weighted by molar-refractivity contribution is 0.0303. The molecule has 8 nitrogen and oxygen atoms in total. The van der Waals surface area contributed by atoms with E-state index in [1.165, 1.54) is 0 Å². The van der Waals surface area contributed by atoms with E-state index in [0.717, 1.165) is 35.7 Å². The van der Waals surface area contributed by atoms with E-state index >= 15 is 0 Å². The van der Waals surface area contributed by atoms with Gasteiger partial charge in [-0.3, -0.25) is 9.78 Å². The third-order valence-electron chi connectivity index (χ3n) is 6.26. The Morgan fingerprint density at radius 1 is 0.971 bits per heavy atom. The molecule has 1 N–H and O–H groups in total. The number of morpholine rings is 2. The maximum Gasteiger partial charge on any atom is 0.254 e. The van der Waals surface area contributed by atoms with E-state index in [2.05, 4.69) is 10.2 Å². The highest BCUT2D eigenvalue weighted by atomic mass is 35.5. The molecule has 0 bridgehead atoms. The molecule has 2 fully saturated rings. The van der Waals surface area contributed by atoms with Gasteiger partial charge < -0.3 is 24.6 Å². The van der Waals surface area contributed by atoms with Crippen molar-refractivity contribution in [3.05, 3.63) is 57.7 Å². The summed E-state index contributed by atoms with van der Waals surface area (Å²) >= 11 is 12.4. The van der Waals surface area contributed by atoms with Crippen LogP contribution < -0.4 is 10.2 Å². The number of ether oxygens (including phenoxy) is 2. The van der Waals surface area contributed by atoms with Crippen LogP contribution in [0.2, 0.25) is 10.0 Å². The molecule has 1 aromatic heterocycles. The molecule has 1 atom stereocenters. The third kappa shape index (κ3) is 5.46. The Balaban J connectivity index is 1.55. The van der Waals surface area contributed by atoms with Crippen LogP contribution in [0.25, 0.3) is 11.0 Å². The molecule has 184 valence electrons. The summed E-state index contributed by atoms with van der Waals surface area (Å²) in [5, 5.41) is 4.55. The number of rotatable bonds is 5. The number of fused-ring (bicyclic) bond motifs is 1. The Hall–Kier alpha value is -2.65. The van der Waals surface area contributed by atoms with Gasteiger partial charge in [-0.25, -0.2) is 4.98 Å². The van der Waals surface area contributed by atoms with Crippen molar-refractivity contribution in [1.82, 2.24) is 14.9 Å². The molecule has 2 aromatic carbocycles. The quantitative estimate of drug-likeness (QED) is 0.538. The number of hydrogen-bond donors (Lipinski definition) is 1. The molecule has 0 radical (unpaired) electrons. The number of carbonyl (C=O) groups is 1. The number of anilines is 2. The normalized spacial score (nSPS) is 17.5. The zero-order chi connectivity index (χ0) is 24.4. The number of amides is 1. The van der Waals surface area contributed by atoms with Gasteiger partial charge in [0.15, 0.2) is 0 Å². The second kappa shape index (κ2) is 10.5. The van der Waals surface area contributed by atoms with Crippen LogP contribution in [-0.2, 0) is 9.47 Å². The first-order valence-corrected chi connectivity index (χ1v) is 12.5. The molecule has 3 aromatic rings. The van der Waals surface area contributed by atoms with Crippen molar-refractivity contribution >= 4 is 51.6 Å². The fourth-order valence-electron chi connectivity index (χ4n) is 4.44. The molecule has 10 heteroatoms. The molecular weight excluding hydrogens is 489 g/mol. The van der Waals surface area contributed by atoms with Crippen molar-refractivity contribution in [2.45, 2.75) is 13.0 Å². The van der Waals surface area contributed by atoms with E-state index in [1.807, 2.05) is 36.1 Å². The van der Waals surface area contributed by atoms with Crippen LogP contribution in [0.5, 0.6) is 0 Å². The Kier molecular flexibility index (Phi) is 7.24. The van der Waals surface area contributed by atoms with Crippen LogP contribution >= 0.6 is 23.2 Å². The molecule has 35 heavy (non-hydrogen) atoms. The number of hydrogen-bond acceptors (Lipinski definition) is 7. The standard InChI is InChI=1S/C25H27Cl2N5O3/c1-16(29-20-13-18(26)12-19(27)14-20)21-10-17(25(33)32-4-8-35-9-5-32)11-22-24(21)30-23(15-28-22)31-2-6-34-7-3-31/h10-16,29H,2-9H2,1H3. The third-order valence-corrected chi connectivity index (χ3v) is 6.69. The summed E-state index contributed by atoms with van der Waals surface area (Å²) in [7, 11) is 0. The minimum atomic E-state index is -0.196. The molecule has 1 unspecified atom stereocenters. The minimum absolute atomic E-state index is 0.0338. The van der Waals surface area contributed by atoms with Gasteiger partial charge in [0.1, 0.15) is 5.82 Å². The van der Waals surface area contributed by atoms with Crippen molar-refractivity contribution in [2.24, 2.45) is 0 Å². The highest BCUT2D eigenvalue weighted by Crippen LogP contribution is 2.31. The molecule has 2 aliphatic heterocycles. The van der Waals surface area contributed by atoms with Crippen molar-refractivity contribution in [2.75, 3.05) is 62.8 Å². The number of halogens is 2. The van der Waals surface area contributed by atoms with Crippen LogP contribution in [0.3, 0.4) is 0 Å². The molecule has 1 amide bonds. The molecule has 0 spiro atoms. The Morgan fingerprint density at radius 3 is 2.31 bits per heavy atom. The van der Waals surface area contributed by atoms with Gasteiger partial charge in [-0.05, 0) is 37.3 Å². The Labute approximate surface area is 214 Å². The summed E-state index contributed by atoms with van der Waals surface area (Å²) in [6, 6.07) is 8.88. The van der Waals surface area contributed by atoms with Crippen molar-refractivity contribution in [1.29, 1.82) is 0 Å². The summed E-state index contributed by atoms with van der Waals surface area (Å²) in [4.78, 5) is 27.0. The first-order chi connectivity index (χ1) is 17.0. The lowest BCUT2D eigenvalue weighted by atomic mass is 10.0. The number of nitrogens with one attached hydrogen (secondary N) is 1. The highest BCUT2D eigenvalue weighted by Gasteiger charge is 2.23. The lowest BCUT2D eigenvalue weighted by Gasteiger charge is -2.29. The fraction of sp³-hybridized carbons (Fsp3) is 0.400. The predicted molar refractivity (Wildman–Crippen MR) is 138 cm³/mol. The summed E-state index contributed by atoms with van der Waals surface area (Å²) in [6.45, 7) is 7.10. The van der Waals surface area contributed by atoms with Gasteiger partial charge in [0.05, 0.1) is 49.7 Å². The fourth-order valence-corrected chi connectivity index (χ4v) is 4.97. The maximum atomic E-state index is 13.3. The van der Waals surface area contributed by atoms with Crippen molar-refractivity contribution < 1.29 is 14.3 Å². The van der Waals surface area contributed by atoms with E-state index < -0.39 is 0 Å². The molecule has 2 saturated heterocycles. The topological polar surface area (TPSA) is 79.8 Å². The van der Waals surface area contributed by atoms with E-state index in [9.17, 15) is 4.79 Å². The first-order valence-electron chi connectivity index (χ1n) is 11.7. The zero-order valence-electron chi connectivity index (χ0n) is 19.5. The second-order valence-electron chi connectivity index (χ2n) is 8.69. The van der Waals surface area contributed by atoms with Gasteiger partial charge in [0, 0.05) is 53.0 Å². The SMILES string of the molecule is CC(Nc1cc(Cl)cc(Cl)c1)c1cc(C(=O)N2CCOCC2)cc2ncc(N3CCOCC3)nc12. The number of nitrogens with zero attached hydrogens (tertiary/aromatic N) is 4. The molecular formula is C25H27Cl2N5O3. The molecule has 0 aliphatic carbocycles.